The monoisotopic (exact) mass is 856 g/mol. The maximum atomic E-state index is 5.54. The van der Waals surface area contributed by atoms with Gasteiger partial charge in [0.1, 0.15) is 0 Å². The van der Waals surface area contributed by atoms with E-state index in [4.69, 9.17) is 9.97 Å². The standard InChI is InChI=1S/C64H60N2/c1-2-8-44-43(7-1)61(59-13-5-11-57(65-59)39-15-19-41(20-16-39)63-33-37-25-49-47-23-35(29-53(49)63)30-54(63)50(47)26-37)45-9-3-4-10-46(45)62(44)60-14-6-12-58(66-60)40-17-21-42(22-18-40)64-34-38-27-51-48-24-36(31-55(51)64)32-56(64)52(48)28-38/h1-22,35-38,47-56H,23-34H2. The molecule has 16 bridgehead atoms. The summed E-state index contributed by atoms with van der Waals surface area (Å²) in [5.41, 5.74) is 13.3. The van der Waals surface area contributed by atoms with Crippen LogP contribution in [-0.2, 0) is 10.8 Å². The van der Waals surface area contributed by atoms with E-state index >= 15 is 0 Å². The molecular weight excluding hydrogens is 797 g/mol. The SMILES string of the molecule is c1cc(-c2ccc(C34CC5CC6C7CC(CC63)CC4C7C5)cc2)nc(-c2c3ccccc3c(-c3cccc(-c4ccc(C56CC7CC8C9CC(CC85)CC6C9C7)cc4)n3)c3ccccc23)c1. The largest absolute Gasteiger partial charge is 0.248 e. The zero-order valence-corrected chi connectivity index (χ0v) is 38.2. The Balaban J connectivity index is 0.727. The van der Waals surface area contributed by atoms with Gasteiger partial charge in [-0.2, -0.15) is 0 Å². The quantitative estimate of drug-likeness (QED) is 0.156. The summed E-state index contributed by atoms with van der Waals surface area (Å²) in [6.07, 6.45) is 18.2. The fourth-order valence-corrected chi connectivity index (χ4v) is 21.1. The van der Waals surface area contributed by atoms with Gasteiger partial charge in [0, 0.05) is 33.1 Å². The van der Waals surface area contributed by atoms with Gasteiger partial charge in [-0.05, 0) is 217 Å². The molecule has 14 aliphatic carbocycles. The van der Waals surface area contributed by atoms with Gasteiger partial charge in [0.15, 0.2) is 0 Å². The van der Waals surface area contributed by atoms with Crippen molar-refractivity contribution in [2.45, 2.75) is 87.9 Å². The maximum absolute atomic E-state index is 5.54. The molecule has 14 aliphatic rings. The molecule has 66 heavy (non-hydrogen) atoms. The van der Waals surface area contributed by atoms with Gasteiger partial charge < -0.3 is 0 Å². The van der Waals surface area contributed by atoms with Crippen molar-refractivity contribution >= 4 is 21.5 Å². The Morgan fingerprint density at radius 2 is 0.636 bits per heavy atom. The van der Waals surface area contributed by atoms with Crippen LogP contribution in [0.25, 0.3) is 66.6 Å². The Kier molecular flexibility index (Phi) is 7.23. The number of hydrogen-bond donors (Lipinski definition) is 0. The first kappa shape index (κ1) is 37.0. The zero-order valence-electron chi connectivity index (χ0n) is 38.2. The Bertz CT molecular complexity index is 2860. The lowest BCUT2D eigenvalue weighted by atomic mass is 9.30. The molecule has 2 heterocycles. The lowest BCUT2D eigenvalue weighted by molar-refractivity contribution is -0.220. The predicted octanol–water partition coefficient (Wildman–Crippen LogP) is 15.4. The normalized spacial score (nSPS) is 39.8. The summed E-state index contributed by atoms with van der Waals surface area (Å²) in [6, 6.07) is 51.3. The highest BCUT2D eigenvalue weighted by atomic mass is 14.8. The van der Waals surface area contributed by atoms with Gasteiger partial charge in [-0.3, -0.25) is 0 Å². The summed E-state index contributed by atoms with van der Waals surface area (Å²) in [5, 5.41) is 4.92. The van der Waals surface area contributed by atoms with Gasteiger partial charge in [0.05, 0.1) is 22.8 Å². The summed E-state index contributed by atoms with van der Waals surface area (Å²) in [5.74, 6) is 13.8. The van der Waals surface area contributed by atoms with Crippen LogP contribution in [0, 0.1) is 82.9 Å². The molecule has 0 amide bonds. The van der Waals surface area contributed by atoms with E-state index in [-0.39, 0.29) is 0 Å². The molecule has 326 valence electrons. The minimum absolute atomic E-state index is 0.434. The Labute approximate surface area is 390 Å². The fourth-order valence-electron chi connectivity index (χ4n) is 21.1. The highest BCUT2D eigenvalue weighted by molar-refractivity contribution is 6.20. The van der Waals surface area contributed by atoms with Crippen LogP contribution >= 0.6 is 0 Å². The molecule has 0 N–H and O–H groups in total. The van der Waals surface area contributed by atoms with Crippen molar-refractivity contribution in [1.29, 1.82) is 0 Å². The highest BCUT2D eigenvalue weighted by Gasteiger charge is 2.71. The molecule has 14 fully saturated rings. The Morgan fingerprint density at radius 3 is 1.00 bits per heavy atom. The highest BCUT2D eigenvalue weighted by Crippen LogP contribution is 2.77. The number of rotatable bonds is 6. The van der Waals surface area contributed by atoms with Gasteiger partial charge in [-0.25, -0.2) is 9.97 Å². The van der Waals surface area contributed by atoms with E-state index in [9.17, 15) is 0 Å². The van der Waals surface area contributed by atoms with E-state index in [1.165, 1.54) is 108 Å². The lowest BCUT2D eigenvalue weighted by Gasteiger charge is -2.74. The zero-order chi connectivity index (χ0) is 42.6. The first-order valence-electron chi connectivity index (χ1n) is 26.7. The molecule has 2 heteroatoms. The van der Waals surface area contributed by atoms with Crippen molar-refractivity contribution in [2.75, 3.05) is 0 Å². The van der Waals surface area contributed by atoms with Crippen LogP contribution in [0.3, 0.4) is 0 Å². The first-order chi connectivity index (χ1) is 32.6. The molecule has 0 aliphatic heterocycles. The summed E-state index contributed by atoms with van der Waals surface area (Å²) in [4.78, 5) is 11.1. The van der Waals surface area contributed by atoms with Crippen molar-refractivity contribution in [3.63, 3.8) is 0 Å². The Hall–Kier alpha value is -5.08. The molecule has 14 saturated carbocycles. The second-order valence-electron chi connectivity index (χ2n) is 24.5. The van der Waals surface area contributed by atoms with E-state index < -0.39 is 0 Å². The predicted molar refractivity (Wildman–Crippen MR) is 266 cm³/mol. The van der Waals surface area contributed by atoms with Crippen molar-refractivity contribution in [3.8, 4) is 45.0 Å². The molecule has 2 nitrogen and oxygen atoms in total. The topological polar surface area (TPSA) is 25.8 Å². The van der Waals surface area contributed by atoms with Crippen LogP contribution in [0.1, 0.15) is 88.2 Å². The summed E-state index contributed by atoms with van der Waals surface area (Å²) < 4.78 is 0. The molecule has 0 saturated heterocycles. The summed E-state index contributed by atoms with van der Waals surface area (Å²) >= 11 is 0. The second kappa shape index (κ2) is 12.9. The minimum Gasteiger partial charge on any atom is -0.248 e. The number of pyridine rings is 2. The van der Waals surface area contributed by atoms with E-state index in [1.807, 2.05) is 0 Å². The maximum Gasteiger partial charge on any atom is 0.0722 e. The van der Waals surface area contributed by atoms with Crippen molar-refractivity contribution in [3.05, 3.63) is 145 Å². The second-order valence-corrected chi connectivity index (χ2v) is 24.5. The third-order valence-corrected chi connectivity index (χ3v) is 22.5. The molecule has 7 aromatic rings. The van der Waals surface area contributed by atoms with Gasteiger partial charge in [-0.15, -0.1) is 0 Å². The fraction of sp³-hybridized carbons (Fsp3) is 0.438. The molecule has 8 atom stereocenters. The van der Waals surface area contributed by atoms with E-state index in [0.717, 1.165) is 106 Å². The van der Waals surface area contributed by atoms with Crippen LogP contribution in [-0.4, -0.2) is 9.97 Å². The van der Waals surface area contributed by atoms with Gasteiger partial charge >= 0.3 is 0 Å². The Morgan fingerprint density at radius 1 is 0.303 bits per heavy atom. The van der Waals surface area contributed by atoms with Crippen molar-refractivity contribution in [2.24, 2.45) is 82.9 Å². The minimum atomic E-state index is 0.434. The molecule has 5 aromatic carbocycles. The number of nitrogens with zero attached hydrogens (tertiary/aromatic N) is 2. The average Bonchev–Trinajstić information content (AvgIpc) is 3.38. The third kappa shape index (κ3) is 4.62. The number of benzene rings is 5. The molecule has 21 rings (SSSR count). The van der Waals surface area contributed by atoms with Gasteiger partial charge in [-0.1, -0.05) is 109 Å². The van der Waals surface area contributed by atoms with Crippen molar-refractivity contribution < 1.29 is 0 Å². The lowest BCUT2D eigenvalue weighted by Crippen LogP contribution is -2.69. The molecule has 8 unspecified atom stereocenters. The van der Waals surface area contributed by atoms with Crippen LogP contribution in [0.5, 0.6) is 0 Å². The average molecular weight is 857 g/mol. The molecule has 0 spiro atoms. The smallest absolute Gasteiger partial charge is 0.0722 e. The summed E-state index contributed by atoms with van der Waals surface area (Å²) in [7, 11) is 0. The number of aromatic nitrogens is 2. The van der Waals surface area contributed by atoms with Crippen LogP contribution in [0.15, 0.2) is 133 Å². The van der Waals surface area contributed by atoms with Crippen LogP contribution in [0.2, 0.25) is 0 Å². The summed E-state index contributed by atoms with van der Waals surface area (Å²) in [6.45, 7) is 0. The number of fused-ring (bicyclic) bond motifs is 2. The molecule has 2 aromatic heterocycles. The van der Waals surface area contributed by atoms with Crippen LogP contribution in [0.4, 0.5) is 0 Å². The van der Waals surface area contributed by atoms with E-state index in [1.54, 1.807) is 24.0 Å². The molecular formula is C64H60N2. The first-order valence-corrected chi connectivity index (χ1v) is 26.7. The van der Waals surface area contributed by atoms with Crippen molar-refractivity contribution in [1.82, 2.24) is 9.97 Å². The van der Waals surface area contributed by atoms with Crippen LogP contribution < -0.4 is 0 Å². The van der Waals surface area contributed by atoms with Gasteiger partial charge in [0.25, 0.3) is 0 Å². The third-order valence-electron chi connectivity index (χ3n) is 22.5. The number of hydrogen-bond acceptors (Lipinski definition) is 2. The van der Waals surface area contributed by atoms with E-state index in [2.05, 4.69) is 133 Å². The van der Waals surface area contributed by atoms with E-state index in [0.29, 0.717) is 10.8 Å². The molecule has 0 radical (unpaired) electrons. The van der Waals surface area contributed by atoms with Gasteiger partial charge in [0.2, 0.25) is 0 Å².